The fourth-order valence-electron chi connectivity index (χ4n) is 12.1. The van der Waals surface area contributed by atoms with Gasteiger partial charge in [-0.25, -0.2) is 27.7 Å². The van der Waals surface area contributed by atoms with Gasteiger partial charge in [-0.3, -0.25) is 32.4 Å². The van der Waals surface area contributed by atoms with E-state index in [-0.39, 0.29) is 28.5 Å². The molecule has 476 valence electrons. The first-order valence-corrected chi connectivity index (χ1v) is 32.3. The largest absolute Gasteiger partial charge is 0.378 e. The van der Waals surface area contributed by atoms with Crippen molar-refractivity contribution >= 4 is 90.4 Å². The Balaban J connectivity index is 0.000000123. The number of imidazole rings is 3. The molecular formula is C72H65N15O7S. The second-order valence-electron chi connectivity index (χ2n) is 23.5. The molecule has 0 atom stereocenters. The summed E-state index contributed by atoms with van der Waals surface area (Å²) in [5, 5.41) is 18.8. The molecule has 4 aliphatic heterocycles. The van der Waals surface area contributed by atoms with E-state index >= 15 is 0 Å². The molecule has 0 unspecified atom stereocenters. The molecule has 0 saturated carbocycles. The Labute approximate surface area is 546 Å². The van der Waals surface area contributed by atoms with Crippen LogP contribution in [0.1, 0.15) is 58.1 Å². The van der Waals surface area contributed by atoms with Crippen LogP contribution < -0.4 is 36.8 Å². The molecule has 6 aromatic heterocycles. The van der Waals surface area contributed by atoms with Crippen molar-refractivity contribution in [3.8, 4) is 33.8 Å². The molecule has 0 aliphatic carbocycles. The van der Waals surface area contributed by atoms with E-state index in [9.17, 15) is 27.6 Å². The zero-order valence-corrected chi connectivity index (χ0v) is 53.1. The van der Waals surface area contributed by atoms with Gasteiger partial charge in [-0.2, -0.15) is 0 Å². The number of morpholine rings is 1. The van der Waals surface area contributed by atoms with E-state index in [1.807, 2.05) is 125 Å². The molecular weight excluding hydrogens is 1220 g/mol. The second-order valence-corrected chi connectivity index (χ2v) is 25.7. The van der Waals surface area contributed by atoms with E-state index in [1.165, 1.54) is 24.1 Å². The number of hydrogen-bond acceptors (Lipinski definition) is 14. The Hall–Kier alpha value is -11.7. The molecule has 16 rings (SSSR count). The minimum atomic E-state index is -3.47. The predicted octanol–water partition coefficient (Wildman–Crippen LogP) is 10.8. The first kappa shape index (κ1) is 60.9. The van der Waals surface area contributed by atoms with Crippen molar-refractivity contribution in [1.82, 2.24) is 53.3 Å². The number of ether oxygens (including phenoxy) is 1. The zero-order valence-electron chi connectivity index (χ0n) is 52.3. The van der Waals surface area contributed by atoms with Crippen molar-refractivity contribution in [3.63, 3.8) is 0 Å². The fourth-order valence-corrected chi connectivity index (χ4v) is 13.0. The van der Waals surface area contributed by atoms with Crippen molar-refractivity contribution in [2.75, 3.05) is 75.3 Å². The maximum atomic E-state index is 12.3. The SMILES string of the molecule is CN(C)C(=O)c1ccc(Nc2ccc(-c3ccc4c(c3)CNC4=O)n3ccnc23)cc1.CN(C)S(=O)(=O)c1ccc(Nc2ccc(-c3ccc4c(c3)CNC4=O)n3ccnc23)cc1.O=C1NCc2cc(-c3ccc(Nc4ccc(N5CCOCC5)cc4)c4nccn34)ccc21. The molecule has 6 N–H and O–H groups in total. The van der Waals surface area contributed by atoms with Crippen LogP contribution >= 0.6 is 0 Å². The normalized spacial score (nSPS) is 13.9. The van der Waals surface area contributed by atoms with E-state index < -0.39 is 10.0 Å². The van der Waals surface area contributed by atoms with Crippen LogP contribution in [0.15, 0.2) is 206 Å². The third-order valence-corrected chi connectivity index (χ3v) is 19.0. The van der Waals surface area contributed by atoms with Gasteiger partial charge in [0.2, 0.25) is 10.0 Å². The Morgan fingerprint density at radius 1 is 0.474 bits per heavy atom. The number of amides is 4. The van der Waals surface area contributed by atoms with Gasteiger partial charge in [-0.15, -0.1) is 0 Å². The van der Waals surface area contributed by atoms with Crippen LogP contribution in [0.2, 0.25) is 0 Å². The Morgan fingerprint density at radius 3 is 1.21 bits per heavy atom. The number of carbonyl (C=O) groups excluding carboxylic acids is 4. The van der Waals surface area contributed by atoms with E-state index in [0.29, 0.717) is 30.8 Å². The summed E-state index contributed by atoms with van der Waals surface area (Å²) in [7, 11) is 3.02. The van der Waals surface area contributed by atoms with Gasteiger partial charge in [-0.1, -0.05) is 18.2 Å². The van der Waals surface area contributed by atoms with Gasteiger partial charge in [0, 0.05) is 143 Å². The molecule has 1 fully saturated rings. The van der Waals surface area contributed by atoms with Crippen molar-refractivity contribution in [2.45, 2.75) is 24.5 Å². The number of hydrogen-bond donors (Lipinski definition) is 6. The van der Waals surface area contributed by atoms with Gasteiger partial charge in [0.05, 0.1) is 52.3 Å². The number of fused-ring (bicyclic) bond motifs is 6. The van der Waals surface area contributed by atoms with Gasteiger partial charge in [0.1, 0.15) is 0 Å². The van der Waals surface area contributed by atoms with Gasteiger partial charge in [-0.05, 0) is 179 Å². The summed E-state index contributed by atoms with van der Waals surface area (Å²) in [5.74, 6) is -0.0910. The average Bonchev–Trinajstić information content (AvgIpc) is 1.74. The number of rotatable bonds is 13. The monoisotopic (exact) mass is 1280 g/mol. The summed E-state index contributed by atoms with van der Waals surface area (Å²) in [5.41, 5.74) is 20.8. The number of nitrogens with one attached hydrogen (secondary N) is 6. The number of anilines is 7. The predicted molar refractivity (Wildman–Crippen MR) is 366 cm³/mol. The summed E-state index contributed by atoms with van der Waals surface area (Å²) in [6.07, 6.45) is 11.1. The van der Waals surface area contributed by atoms with E-state index in [0.717, 1.165) is 139 Å². The highest BCUT2D eigenvalue weighted by atomic mass is 32.2. The lowest BCUT2D eigenvalue weighted by Crippen LogP contribution is -2.36. The van der Waals surface area contributed by atoms with Crippen LogP contribution in [-0.2, 0) is 34.4 Å². The van der Waals surface area contributed by atoms with Crippen LogP contribution in [0.25, 0.3) is 50.7 Å². The van der Waals surface area contributed by atoms with Crippen molar-refractivity contribution in [2.24, 2.45) is 0 Å². The van der Waals surface area contributed by atoms with Crippen LogP contribution in [0.5, 0.6) is 0 Å². The minimum Gasteiger partial charge on any atom is -0.378 e. The number of pyridine rings is 3. The number of sulfonamides is 1. The van der Waals surface area contributed by atoms with Gasteiger partial charge < -0.3 is 46.4 Å². The molecule has 0 spiro atoms. The number of carbonyl (C=O) groups is 4. The molecule has 23 heteroatoms. The molecule has 1 saturated heterocycles. The smallest absolute Gasteiger partial charge is 0.253 e. The van der Waals surface area contributed by atoms with Crippen LogP contribution in [0.4, 0.5) is 39.8 Å². The number of aromatic nitrogens is 6. The topological polar surface area (TPSA) is 245 Å². The minimum absolute atomic E-state index is 0.00138. The van der Waals surface area contributed by atoms with Gasteiger partial charge in [0.25, 0.3) is 23.6 Å². The summed E-state index contributed by atoms with van der Waals surface area (Å²) in [6, 6.07) is 52.3. The molecule has 0 radical (unpaired) electrons. The number of benzene rings is 6. The second kappa shape index (κ2) is 25.4. The molecule has 95 heavy (non-hydrogen) atoms. The summed E-state index contributed by atoms with van der Waals surface area (Å²) in [4.78, 5) is 65.4. The first-order valence-electron chi connectivity index (χ1n) is 30.8. The summed E-state index contributed by atoms with van der Waals surface area (Å²) in [6.45, 7) is 5.08. The third kappa shape index (κ3) is 12.1. The van der Waals surface area contributed by atoms with E-state index in [4.69, 9.17) is 4.74 Å². The van der Waals surface area contributed by atoms with Gasteiger partial charge in [0.15, 0.2) is 16.9 Å². The quantitative estimate of drug-likeness (QED) is 0.0629. The highest BCUT2D eigenvalue weighted by Crippen LogP contribution is 2.35. The van der Waals surface area contributed by atoms with Crippen LogP contribution in [-0.4, -0.2) is 124 Å². The van der Waals surface area contributed by atoms with Crippen molar-refractivity contribution in [3.05, 3.63) is 240 Å². The molecule has 6 aromatic carbocycles. The molecule has 10 heterocycles. The standard InChI is InChI=1S/C25H23N5O2.C24H21N5O2.C23H21N5O3S/c31-25-21-6-1-17(15-18(21)16-27-25)23-8-7-22(24-26-9-10-30(23)24)28-19-2-4-20(5-3-19)29-11-13-32-14-12-29;1-28(2)24(31)15-3-6-18(7-4-15)27-20-9-10-21(29-12-11-25-22(20)29)16-5-8-19-17(13-16)14-26-23(19)30;1-27(2)32(30,31)18-6-4-17(5-7-18)26-20-9-10-21(28-12-11-24-22(20)28)15-3-8-19-16(13-15)14-25-23(19)29/h1-10,15,28H,11-14,16H2,(H,27,31);3-13,27H,14H2,1-2H3,(H,26,30);3-13,26H,14H2,1-2H3,(H,25,29). The molecule has 4 aliphatic rings. The summed E-state index contributed by atoms with van der Waals surface area (Å²) >= 11 is 0. The summed E-state index contributed by atoms with van der Waals surface area (Å²) < 4.78 is 37.3. The molecule has 12 aromatic rings. The molecule has 0 bridgehead atoms. The maximum Gasteiger partial charge on any atom is 0.253 e. The van der Waals surface area contributed by atoms with Crippen molar-refractivity contribution < 1.29 is 32.3 Å². The third-order valence-electron chi connectivity index (χ3n) is 17.2. The fraction of sp³-hybridized carbons (Fsp3) is 0.153. The molecule has 22 nitrogen and oxygen atoms in total. The van der Waals surface area contributed by atoms with E-state index in [1.54, 1.807) is 55.7 Å². The lowest BCUT2D eigenvalue weighted by atomic mass is 10.0. The zero-order chi connectivity index (χ0) is 65.5. The van der Waals surface area contributed by atoms with Gasteiger partial charge >= 0.3 is 0 Å². The van der Waals surface area contributed by atoms with Crippen LogP contribution in [0, 0.1) is 0 Å². The Bertz CT molecular complexity index is 5100. The van der Waals surface area contributed by atoms with Crippen molar-refractivity contribution in [1.29, 1.82) is 0 Å². The maximum absolute atomic E-state index is 12.3. The Kier molecular flexibility index (Phi) is 16.3. The average molecular weight is 1280 g/mol. The number of nitrogens with zero attached hydrogens (tertiary/aromatic N) is 9. The lowest BCUT2D eigenvalue weighted by Gasteiger charge is -2.29. The highest BCUT2D eigenvalue weighted by molar-refractivity contribution is 7.89. The van der Waals surface area contributed by atoms with Crippen LogP contribution in [0.3, 0.4) is 0 Å². The first-order chi connectivity index (χ1) is 46.1. The molecule has 4 amide bonds. The van der Waals surface area contributed by atoms with E-state index in [2.05, 4.69) is 105 Å². The lowest BCUT2D eigenvalue weighted by molar-refractivity contribution is 0.0826. The highest BCUT2D eigenvalue weighted by Gasteiger charge is 2.24. The Morgan fingerprint density at radius 2 is 0.842 bits per heavy atom.